The molecule has 0 aromatic carbocycles. The van der Waals surface area contributed by atoms with Gasteiger partial charge in [-0.3, -0.25) is 0 Å². The summed E-state index contributed by atoms with van der Waals surface area (Å²) < 4.78 is 1.45. The molecule has 18 heavy (non-hydrogen) atoms. The Balaban J connectivity index is 2.32. The molecule has 7 nitrogen and oxygen atoms in total. The Kier molecular flexibility index (Phi) is 3.33. The van der Waals surface area contributed by atoms with Crippen molar-refractivity contribution in [2.24, 2.45) is 5.73 Å². The molecule has 2 aromatic rings. The monoisotopic (exact) mass is 250 g/mol. The Bertz CT molecular complexity index is 599. The minimum atomic E-state index is -0.264. The first kappa shape index (κ1) is 12.6. The zero-order chi connectivity index (χ0) is 13.3. The molecule has 0 fully saturated rings. The Labute approximate surface area is 105 Å². The van der Waals surface area contributed by atoms with Crippen LogP contribution in [0.3, 0.4) is 0 Å². The first-order valence-corrected chi connectivity index (χ1v) is 5.90. The van der Waals surface area contributed by atoms with Crippen LogP contribution in [0.4, 0.5) is 5.82 Å². The van der Waals surface area contributed by atoms with E-state index in [1.807, 2.05) is 18.9 Å². The standard InChI is InChI=1S/C11H18N6O/c1-7(12)4-5-16(3)9-6-10-14-15-11(18)17(10)8(2)13-9/h6-7H,4-5,12H2,1-3H3,(H,15,18). The van der Waals surface area contributed by atoms with Crippen LogP contribution in [-0.4, -0.2) is 39.2 Å². The second-order valence-corrected chi connectivity index (χ2v) is 4.57. The van der Waals surface area contributed by atoms with E-state index in [1.54, 1.807) is 13.0 Å². The second kappa shape index (κ2) is 4.77. The van der Waals surface area contributed by atoms with Gasteiger partial charge in [0, 0.05) is 25.7 Å². The van der Waals surface area contributed by atoms with Crippen molar-refractivity contribution in [1.82, 2.24) is 19.6 Å². The lowest BCUT2D eigenvalue weighted by Crippen LogP contribution is -2.27. The molecule has 1 atom stereocenters. The molecule has 0 bridgehead atoms. The first-order chi connectivity index (χ1) is 8.49. The van der Waals surface area contributed by atoms with Gasteiger partial charge < -0.3 is 10.6 Å². The fourth-order valence-electron chi connectivity index (χ4n) is 1.79. The van der Waals surface area contributed by atoms with Crippen molar-refractivity contribution >= 4 is 11.5 Å². The lowest BCUT2D eigenvalue weighted by molar-refractivity contribution is 0.655. The van der Waals surface area contributed by atoms with E-state index in [-0.39, 0.29) is 11.7 Å². The predicted molar refractivity (Wildman–Crippen MR) is 69.9 cm³/mol. The highest BCUT2D eigenvalue weighted by molar-refractivity contribution is 5.50. The lowest BCUT2D eigenvalue weighted by Gasteiger charge is -2.19. The number of hydrogen-bond donors (Lipinski definition) is 2. The van der Waals surface area contributed by atoms with Gasteiger partial charge in [-0.05, 0) is 20.3 Å². The molecule has 0 radical (unpaired) electrons. The molecule has 2 aromatic heterocycles. The minimum absolute atomic E-state index is 0.158. The van der Waals surface area contributed by atoms with E-state index in [4.69, 9.17) is 5.73 Å². The molecule has 2 heterocycles. The van der Waals surface area contributed by atoms with Gasteiger partial charge in [0.15, 0.2) is 5.65 Å². The van der Waals surface area contributed by atoms with Gasteiger partial charge >= 0.3 is 5.69 Å². The maximum absolute atomic E-state index is 11.5. The van der Waals surface area contributed by atoms with Crippen LogP contribution in [0, 0.1) is 6.92 Å². The quantitative estimate of drug-likeness (QED) is 0.790. The van der Waals surface area contributed by atoms with Crippen LogP contribution in [0.15, 0.2) is 10.9 Å². The number of rotatable bonds is 4. The van der Waals surface area contributed by atoms with Gasteiger partial charge in [-0.1, -0.05) is 0 Å². The predicted octanol–water partition coefficient (Wildman–Crippen LogP) is -0.100. The summed E-state index contributed by atoms with van der Waals surface area (Å²) in [5, 5.41) is 6.36. The molecule has 0 saturated carbocycles. The van der Waals surface area contributed by atoms with Crippen LogP contribution < -0.4 is 16.3 Å². The number of aromatic nitrogens is 4. The van der Waals surface area contributed by atoms with Crippen molar-refractivity contribution in [3.05, 3.63) is 22.4 Å². The molecule has 3 N–H and O–H groups in total. The third-order valence-electron chi connectivity index (χ3n) is 2.87. The molecule has 0 aliphatic carbocycles. The molecule has 0 aliphatic heterocycles. The molecule has 7 heteroatoms. The Morgan fingerprint density at radius 2 is 2.33 bits per heavy atom. The van der Waals surface area contributed by atoms with Crippen molar-refractivity contribution < 1.29 is 0 Å². The maximum atomic E-state index is 11.5. The Morgan fingerprint density at radius 1 is 1.61 bits per heavy atom. The number of nitrogens with one attached hydrogen (secondary N) is 1. The average molecular weight is 250 g/mol. The summed E-state index contributed by atoms with van der Waals surface area (Å²) in [6.07, 6.45) is 0.885. The fraction of sp³-hybridized carbons (Fsp3) is 0.545. The van der Waals surface area contributed by atoms with E-state index in [2.05, 4.69) is 15.2 Å². The molecule has 0 amide bonds. The van der Waals surface area contributed by atoms with Crippen molar-refractivity contribution in [3.8, 4) is 0 Å². The summed E-state index contributed by atoms with van der Waals surface area (Å²) in [7, 11) is 1.95. The number of nitrogens with two attached hydrogens (primary N) is 1. The van der Waals surface area contributed by atoms with Crippen molar-refractivity contribution in [2.45, 2.75) is 26.3 Å². The number of hydrogen-bond acceptors (Lipinski definition) is 5. The summed E-state index contributed by atoms with van der Waals surface area (Å²) in [6, 6.07) is 1.94. The summed E-state index contributed by atoms with van der Waals surface area (Å²) in [4.78, 5) is 17.9. The zero-order valence-corrected chi connectivity index (χ0v) is 10.8. The summed E-state index contributed by atoms with van der Waals surface area (Å²) in [5.74, 6) is 1.41. The number of H-pyrrole nitrogens is 1. The molecule has 2 rings (SSSR count). The van der Waals surface area contributed by atoms with Crippen molar-refractivity contribution in [2.75, 3.05) is 18.5 Å². The minimum Gasteiger partial charge on any atom is -0.359 e. The highest BCUT2D eigenvalue weighted by Gasteiger charge is 2.10. The van der Waals surface area contributed by atoms with E-state index in [9.17, 15) is 4.79 Å². The molecular weight excluding hydrogens is 232 g/mol. The van der Waals surface area contributed by atoms with Gasteiger partial charge in [0.25, 0.3) is 0 Å². The average Bonchev–Trinajstić information content (AvgIpc) is 2.68. The molecule has 1 unspecified atom stereocenters. The van der Waals surface area contributed by atoms with Gasteiger partial charge in [-0.25, -0.2) is 19.3 Å². The molecular formula is C11H18N6O. The SMILES string of the molecule is Cc1nc(N(C)CCC(C)N)cc2n[nH]c(=O)n12. The Morgan fingerprint density at radius 3 is 3.00 bits per heavy atom. The van der Waals surface area contributed by atoms with Crippen LogP contribution in [0.25, 0.3) is 5.65 Å². The van der Waals surface area contributed by atoms with Crippen LogP contribution in [0.1, 0.15) is 19.2 Å². The van der Waals surface area contributed by atoms with Gasteiger partial charge in [0.1, 0.15) is 11.6 Å². The highest BCUT2D eigenvalue weighted by atomic mass is 16.1. The van der Waals surface area contributed by atoms with Crippen molar-refractivity contribution in [3.63, 3.8) is 0 Å². The second-order valence-electron chi connectivity index (χ2n) is 4.57. The van der Waals surface area contributed by atoms with Crippen LogP contribution in [0.5, 0.6) is 0 Å². The van der Waals surface area contributed by atoms with E-state index in [0.717, 1.165) is 18.8 Å². The largest absolute Gasteiger partial charge is 0.359 e. The fourth-order valence-corrected chi connectivity index (χ4v) is 1.79. The van der Waals surface area contributed by atoms with Crippen LogP contribution in [0.2, 0.25) is 0 Å². The van der Waals surface area contributed by atoms with E-state index >= 15 is 0 Å². The summed E-state index contributed by atoms with van der Waals surface area (Å²) in [6.45, 7) is 4.57. The van der Waals surface area contributed by atoms with Gasteiger partial charge in [-0.15, -0.1) is 0 Å². The van der Waals surface area contributed by atoms with Gasteiger partial charge in [0.2, 0.25) is 0 Å². The number of fused-ring (bicyclic) bond motifs is 1. The number of aromatic amines is 1. The number of nitrogens with zero attached hydrogens (tertiary/aromatic N) is 4. The Hall–Kier alpha value is -1.89. The molecule has 98 valence electrons. The topological polar surface area (TPSA) is 92.3 Å². The highest BCUT2D eigenvalue weighted by Crippen LogP contribution is 2.12. The number of aryl methyl sites for hydroxylation is 1. The summed E-state index contributed by atoms with van der Waals surface area (Å²) >= 11 is 0. The molecule has 0 aliphatic rings. The van der Waals surface area contributed by atoms with E-state index in [0.29, 0.717) is 11.5 Å². The first-order valence-electron chi connectivity index (χ1n) is 5.90. The van der Waals surface area contributed by atoms with E-state index in [1.165, 1.54) is 4.40 Å². The van der Waals surface area contributed by atoms with Gasteiger partial charge in [0.05, 0.1) is 0 Å². The van der Waals surface area contributed by atoms with Gasteiger partial charge in [-0.2, -0.15) is 5.10 Å². The smallest absolute Gasteiger partial charge is 0.349 e. The van der Waals surface area contributed by atoms with Crippen molar-refractivity contribution in [1.29, 1.82) is 0 Å². The maximum Gasteiger partial charge on any atom is 0.349 e. The third kappa shape index (κ3) is 2.35. The lowest BCUT2D eigenvalue weighted by atomic mass is 10.2. The normalized spacial score (nSPS) is 12.9. The summed E-state index contributed by atoms with van der Waals surface area (Å²) in [5.41, 5.74) is 6.05. The molecule has 0 spiro atoms. The molecule has 0 saturated heterocycles. The zero-order valence-electron chi connectivity index (χ0n) is 10.8. The number of anilines is 1. The van der Waals surface area contributed by atoms with E-state index < -0.39 is 0 Å². The van der Waals surface area contributed by atoms with Crippen LogP contribution in [-0.2, 0) is 0 Å². The third-order valence-corrected chi connectivity index (χ3v) is 2.87. The van der Waals surface area contributed by atoms with Crippen LogP contribution >= 0.6 is 0 Å².